The molecule has 0 unspecified atom stereocenters. The van der Waals surface area contributed by atoms with Crippen LogP contribution < -0.4 is 5.32 Å². The van der Waals surface area contributed by atoms with E-state index in [-0.39, 0.29) is 5.91 Å². The van der Waals surface area contributed by atoms with Crippen LogP contribution in [-0.2, 0) is 20.2 Å². The van der Waals surface area contributed by atoms with Gasteiger partial charge in [-0.2, -0.15) is 4.31 Å². The molecule has 1 saturated heterocycles. The molecule has 1 N–H and O–H groups in total. The second-order valence-electron chi connectivity index (χ2n) is 8.61. The summed E-state index contributed by atoms with van der Waals surface area (Å²) in [7, 11) is -3.44. The second-order valence-corrected chi connectivity index (χ2v) is 11.0. The average molecular weight is 476 g/mol. The molecule has 172 valence electrons. The van der Waals surface area contributed by atoms with Crippen molar-refractivity contribution in [1.82, 2.24) is 14.5 Å². The molecule has 2 aromatic rings. The van der Waals surface area contributed by atoms with Gasteiger partial charge in [-0.05, 0) is 42.7 Å². The highest BCUT2D eigenvalue weighted by molar-refractivity contribution is 7.89. The molecule has 0 spiro atoms. The van der Waals surface area contributed by atoms with Gasteiger partial charge in [-0.3, -0.25) is 9.69 Å². The third-order valence-electron chi connectivity index (χ3n) is 6.71. The normalized spacial score (nSPS) is 19.7. The predicted molar refractivity (Wildman–Crippen MR) is 126 cm³/mol. The van der Waals surface area contributed by atoms with Crippen molar-refractivity contribution >= 4 is 27.5 Å². The third kappa shape index (κ3) is 4.86. The molecule has 1 heterocycles. The van der Waals surface area contributed by atoms with Crippen LogP contribution in [0.4, 0.5) is 0 Å². The standard InChI is InChI=1S/C24H30ClN3O3S/c25-21-10-8-20(9-11-21)24(12-4-5-13-24)23(29)26-14-15-27-16-18-28(19-17-27)32(30,31)22-6-2-1-3-7-22/h1-3,6-11H,4-5,12-19H2,(H,26,29). The first-order valence-corrected chi connectivity index (χ1v) is 13.1. The molecular formula is C24H30ClN3O3S. The van der Waals surface area contributed by atoms with E-state index in [1.54, 1.807) is 28.6 Å². The minimum Gasteiger partial charge on any atom is -0.354 e. The van der Waals surface area contributed by atoms with Crippen LogP contribution in [0.25, 0.3) is 0 Å². The van der Waals surface area contributed by atoms with Crippen molar-refractivity contribution in [2.24, 2.45) is 0 Å². The molecule has 4 rings (SSSR count). The zero-order chi connectivity index (χ0) is 22.6. The number of amides is 1. The Morgan fingerprint density at radius 3 is 2.19 bits per heavy atom. The zero-order valence-corrected chi connectivity index (χ0v) is 19.7. The third-order valence-corrected chi connectivity index (χ3v) is 8.88. The van der Waals surface area contributed by atoms with E-state index >= 15 is 0 Å². The van der Waals surface area contributed by atoms with E-state index in [0.29, 0.717) is 49.2 Å². The lowest BCUT2D eigenvalue weighted by molar-refractivity contribution is -0.126. The van der Waals surface area contributed by atoms with Gasteiger partial charge in [0.05, 0.1) is 10.3 Å². The molecule has 0 aromatic heterocycles. The summed E-state index contributed by atoms with van der Waals surface area (Å²) in [5, 5.41) is 3.82. The van der Waals surface area contributed by atoms with E-state index < -0.39 is 15.4 Å². The lowest BCUT2D eigenvalue weighted by Crippen LogP contribution is -2.51. The summed E-state index contributed by atoms with van der Waals surface area (Å²) in [6, 6.07) is 16.2. The molecule has 1 amide bonds. The highest BCUT2D eigenvalue weighted by Gasteiger charge is 2.42. The van der Waals surface area contributed by atoms with Crippen LogP contribution in [0.5, 0.6) is 0 Å². The van der Waals surface area contributed by atoms with Gasteiger partial charge in [0.1, 0.15) is 0 Å². The highest BCUT2D eigenvalue weighted by atomic mass is 35.5. The molecule has 6 nitrogen and oxygen atoms in total. The summed E-state index contributed by atoms with van der Waals surface area (Å²) in [6.07, 6.45) is 3.81. The first kappa shape index (κ1) is 23.2. The van der Waals surface area contributed by atoms with Crippen LogP contribution in [0.1, 0.15) is 31.2 Å². The molecule has 0 atom stereocenters. The number of carbonyl (C=O) groups excluding carboxylic acids is 1. The predicted octanol–water partition coefficient (Wildman–Crippen LogP) is 3.27. The Kier molecular flexibility index (Phi) is 7.20. The van der Waals surface area contributed by atoms with E-state index in [0.717, 1.165) is 31.2 Å². The minimum absolute atomic E-state index is 0.0858. The van der Waals surface area contributed by atoms with Crippen molar-refractivity contribution in [2.45, 2.75) is 36.0 Å². The molecule has 0 radical (unpaired) electrons. The topological polar surface area (TPSA) is 69.7 Å². The number of nitrogens with zero attached hydrogens (tertiary/aromatic N) is 2. The van der Waals surface area contributed by atoms with E-state index in [2.05, 4.69) is 10.2 Å². The number of carbonyl (C=O) groups is 1. The summed E-state index contributed by atoms with van der Waals surface area (Å²) in [6.45, 7) is 3.50. The molecular weight excluding hydrogens is 446 g/mol. The van der Waals surface area contributed by atoms with Crippen molar-refractivity contribution in [3.8, 4) is 0 Å². The van der Waals surface area contributed by atoms with Gasteiger partial charge in [0.15, 0.2) is 0 Å². The molecule has 2 aromatic carbocycles. The first-order valence-electron chi connectivity index (χ1n) is 11.2. The average Bonchev–Trinajstić information content (AvgIpc) is 3.32. The number of hydrogen-bond donors (Lipinski definition) is 1. The molecule has 2 fully saturated rings. The van der Waals surface area contributed by atoms with E-state index in [1.807, 2.05) is 30.3 Å². The van der Waals surface area contributed by atoms with Gasteiger partial charge in [0, 0.05) is 44.3 Å². The van der Waals surface area contributed by atoms with Crippen molar-refractivity contribution in [3.05, 3.63) is 65.2 Å². The quantitative estimate of drug-likeness (QED) is 0.667. The van der Waals surface area contributed by atoms with Gasteiger partial charge >= 0.3 is 0 Å². The summed E-state index contributed by atoms with van der Waals surface area (Å²) in [5.74, 6) is 0.0858. The lowest BCUT2D eigenvalue weighted by atomic mass is 9.78. The fourth-order valence-electron chi connectivity index (χ4n) is 4.83. The van der Waals surface area contributed by atoms with Crippen molar-refractivity contribution in [2.75, 3.05) is 39.3 Å². The van der Waals surface area contributed by atoms with Crippen LogP contribution in [0.15, 0.2) is 59.5 Å². The van der Waals surface area contributed by atoms with Crippen molar-refractivity contribution in [3.63, 3.8) is 0 Å². The van der Waals surface area contributed by atoms with Crippen LogP contribution in [-0.4, -0.2) is 62.8 Å². The highest BCUT2D eigenvalue weighted by Crippen LogP contribution is 2.41. The Balaban J connectivity index is 1.29. The maximum absolute atomic E-state index is 13.2. The Hall–Kier alpha value is -1.93. The fourth-order valence-corrected chi connectivity index (χ4v) is 6.40. The lowest BCUT2D eigenvalue weighted by Gasteiger charge is -2.34. The van der Waals surface area contributed by atoms with Crippen LogP contribution in [0.2, 0.25) is 5.02 Å². The number of halogens is 1. The van der Waals surface area contributed by atoms with Gasteiger partial charge in [0.2, 0.25) is 15.9 Å². The largest absolute Gasteiger partial charge is 0.354 e. The molecule has 1 aliphatic carbocycles. The first-order chi connectivity index (χ1) is 15.4. The Labute approximate surface area is 195 Å². The van der Waals surface area contributed by atoms with Gasteiger partial charge in [0.25, 0.3) is 0 Å². The van der Waals surface area contributed by atoms with Crippen LogP contribution in [0, 0.1) is 0 Å². The number of nitrogens with one attached hydrogen (secondary N) is 1. The molecule has 1 saturated carbocycles. The Bertz CT molecular complexity index is 1010. The van der Waals surface area contributed by atoms with Crippen LogP contribution in [0.3, 0.4) is 0 Å². The van der Waals surface area contributed by atoms with E-state index in [1.165, 1.54) is 0 Å². The minimum atomic E-state index is -3.44. The number of hydrogen-bond acceptors (Lipinski definition) is 4. The van der Waals surface area contributed by atoms with E-state index in [4.69, 9.17) is 11.6 Å². The molecule has 0 bridgehead atoms. The number of benzene rings is 2. The van der Waals surface area contributed by atoms with E-state index in [9.17, 15) is 13.2 Å². The van der Waals surface area contributed by atoms with Gasteiger partial charge < -0.3 is 5.32 Å². The van der Waals surface area contributed by atoms with Crippen molar-refractivity contribution in [1.29, 1.82) is 0 Å². The number of piperazine rings is 1. The van der Waals surface area contributed by atoms with Crippen molar-refractivity contribution < 1.29 is 13.2 Å². The second kappa shape index (κ2) is 9.91. The Morgan fingerprint density at radius 1 is 0.938 bits per heavy atom. The number of sulfonamides is 1. The summed E-state index contributed by atoms with van der Waals surface area (Å²) in [4.78, 5) is 15.7. The number of rotatable bonds is 7. The smallest absolute Gasteiger partial charge is 0.243 e. The zero-order valence-electron chi connectivity index (χ0n) is 18.2. The maximum Gasteiger partial charge on any atom is 0.243 e. The molecule has 8 heteroatoms. The van der Waals surface area contributed by atoms with Crippen LogP contribution >= 0.6 is 11.6 Å². The monoisotopic (exact) mass is 475 g/mol. The van der Waals surface area contributed by atoms with Gasteiger partial charge in [-0.25, -0.2) is 8.42 Å². The summed E-state index contributed by atoms with van der Waals surface area (Å²) < 4.78 is 27.1. The molecule has 1 aliphatic heterocycles. The van der Waals surface area contributed by atoms with Gasteiger partial charge in [-0.1, -0.05) is 54.8 Å². The molecule has 2 aliphatic rings. The summed E-state index contributed by atoms with van der Waals surface area (Å²) >= 11 is 6.04. The fraction of sp³-hybridized carbons (Fsp3) is 0.458. The maximum atomic E-state index is 13.2. The van der Waals surface area contributed by atoms with Gasteiger partial charge in [-0.15, -0.1) is 0 Å². The Morgan fingerprint density at radius 2 is 1.56 bits per heavy atom. The summed E-state index contributed by atoms with van der Waals surface area (Å²) in [5.41, 5.74) is 0.573. The molecule has 32 heavy (non-hydrogen) atoms. The SMILES string of the molecule is O=C(NCCN1CCN(S(=O)(=O)c2ccccc2)CC1)C1(c2ccc(Cl)cc2)CCCC1.